The number of nitrogens with zero attached hydrogens (tertiary/aromatic N) is 8. The van der Waals surface area contributed by atoms with Crippen molar-refractivity contribution >= 4 is 74.1 Å². The van der Waals surface area contributed by atoms with Gasteiger partial charge >= 0.3 is 0 Å². The van der Waals surface area contributed by atoms with Gasteiger partial charge in [0.1, 0.15) is 6.04 Å². The molecule has 1 saturated carbocycles. The first-order valence-corrected chi connectivity index (χ1v) is 24.0. The summed E-state index contributed by atoms with van der Waals surface area (Å²) in [6.07, 6.45) is 10.3. The summed E-state index contributed by atoms with van der Waals surface area (Å²) < 4.78 is 0.731. The summed E-state index contributed by atoms with van der Waals surface area (Å²) in [5.41, 5.74) is 4.96. The van der Waals surface area contributed by atoms with Crippen LogP contribution in [-0.4, -0.2) is 110 Å². The van der Waals surface area contributed by atoms with Crippen LogP contribution in [0.25, 0.3) is 10.2 Å². The van der Waals surface area contributed by atoms with Crippen LogP contribution in [0.2, 0.25) is 0 Å². The quantitative estimate of drug-likeness (QED) is 0.0984. The Kier molecular flexibility index (Phi) is 11.8. The van der Waals surface area contributed by atoms with Gasteiger partial charge in [0.25, 0.3) is 11.8 Å². The Morgan fingerprint density at radius 1 is 0.923 bits per heavy atom. The predicted molar refractivity (Wildman–Crippen MR) is 253 cm³/mol. The molecule has 340 valence electrons. The number of likely N-dealkylation sites (tertiary alicyclic amines) is 2. The highest BCUT2D eigenvalue weighted by Gasteiger charge is 2.47. The van der Waals surface area contributed by atoms with Crippen LogP contribution in [0.4, 0.5) is 11.6 Å². The van der Waals surface area contributed by atoms with E-state index in [2.05, 4.69) is 43.4 Å². The summed E-state index contributed by atoms with van der Waals surface area (Å²) >= 11 is 2.98. The number of fused-ring (bicyclic) bond motifs is 2. The topological polar surface area (TPSA) is 190 Å². The Labute approximate surface area is 386 Å². The highest BCUT2D eigenvalue weighted by atomic mass is 32.1. The van der Waals surface area contributed by atoms with Gasteiger partial charge < -0.3 is 36.0 Å². The van der Waals surface area contributed by atoms with Crippen LogP contribution < -0.4 is 21.3 Å². The van der Waals surface area contributed by atoms with E-state index in [1.807, 2.05) is 99.9 Å². The van der Waals surface area contributed by atoms with Gasteiger partial charge in [-0.25, -0.2) is 15.0 Å². The number of carbonyl (C=O) groups is 4. The fourth-order valence-electron chi connectivity index (χ4n) is 8.37. The van der Waals surface area contributed by atoms with Crippen molar-refractivity contribution in [3.8, 4) is 0 Å². The molecule has 9 rings (SSSR count). The lowest BCUT2D eigenvalue weighted by Crippen LogP contribution is -2.64. The molecule has 0 aromatic carbocycles. The predicted octanol–water partition coefficient (Wildman–Crippen LogP) is 6.27. The van der Waals surface area contributed by atoms with E-state index in [1.165, 1.54) is 11.3 Å². The maximum atomic E-state index is 14.1. The minimum absolute atomic E-state index is 0.0189. The molecular weight excluding hydrogens is 861 g/mol. The number of hydrogen-bond acceptors (Lipinski definition) is 12. The van der Waals surface area contributed by atoms with Crippen molar-refractivity contribution in [3.63, 3.8) is 0 Å². The van der Waals surface area contributed by atoms with Gasteiger partial charge in [0.15, 0.2) is 11.7 Å². The second-order valence-electron chi connectivity index (χ2n) is 19.0. The molecule has 0 spiro atoms. The third-order valence-electron chi connectivity index (χ3n) is 13.2. The lowest BCUT2D eigenvalue weighted by molar-refractivity contribution is -0.143. The number of carbonyl (C=O) groups excluding carboxylic acids is 4. The number of thiophene rings is 2. The van der Waals surface area contributed by atoms with Crippen LogP contribution in [0, 0.1) is 17.8 Å². The van der Waals surface area contributed by atoms with E-state index >= 15 is 0 Å². The van der Waals surface area contributed by atoms with Crippen molar-refractivity contribution in [3.05, 3.63) is 92.6 Å². The number of guanidine groups is 1. The van der Waals surface area contributed by atoms with Crippen LogP contribution in [0.15, 0.2) is 64.8 Å². The van der Waals surface area contributed by atoms with Gasteiger partial charge in [-0.15, -0.1) is 22.7 Å². The van der Waals surface area contributed by atoms with E-state index in [0.29, 0.717) is 62.1 Å². The van der Waals surface area contributed by atoms with Crippen LogP contribution in [0.1, 0.15) is 110 Å². The molecule has 18 heteroatoms. The molecule has 5 aromatic heterocycles. The number of pyridine rings is 2. The van der Waals surface area contributed by atoms with Crippen molar-refractivity contribution in [2.75, 3.05) is 43.9 Å². The fourth-order valence-corrected chi connectivity index (χ4v) is 10.2. The number of amides is 4. The number of likely N-dealkylation sites (N-methyl/N-ethyl adjacent to an activating group) is 1. The number of aliphatic imine (C=N–C) groups is 1. The van der Waals surface area contributed by atoms with Crippen LogP contribution in [-0.2, 0) is 20.8 Å². The van der Waals surface area contributed by atoms with Crippen molar-refractivity contribution < 1.29 is 19.2 Å². The largest absolute Gasteiger partial charge is 0.349 e. The first-order chi connectivity index (χ1) is 31.0. The normalized spacial score (nSPS) is 19.7. The first-order valence-electron chi connectivity index (χ1n) is 22.3. The Bertz CT molecular complexity index is 2680. The van der Waals surface area contributed by atoms with Crippen molar-refractivity contribution in [2.24, 2.45) is 15.8 Å². The molecule has 0 radical (unpaired) electrons. The molecule has 8 heterocycles. The first kappa shape index (κ1) is 44.2. The van der Waals surface area contributed by atoms with E-state index in [1.54, 1.807) is 22.4 Å². The van der Waals surface area contributed by atoms with Crippen LogP contribution in [0.3, 0.4) is 0 Å². The number of anilines is 2. The summed E-state index contributed by atoms with van der Waals surface area (Å²) in [6, 6.07) is 6.90. The zero-order valence-corrected chi connectivity index (χ0v) is 39.5. The van der Waals surface area contributed by atoms with Crippen molar-refractivity contribution in [1.29, 1.82) is 0 Å². The maximum Gasteiger partial charge on any atom is 0.274 e. The van der Waals surface area contributed by atoms with Gasteiger partial charge in [-0.2, -0.15) is 0 Å². The third-order valence-corrected chi connectivity index (χ3v) is 15.1. The van der Waals surface area contributed by atoms with Gasteiger partial charge in [-0.1, -0.05) is 32.9 Å². The zero-order valence-electron chi connectivity index (χ0n) is 37.8. The molecule has 16 nitrogen and oxygen atoms in total. The van der Waals surface area contributed by atoms with E-state index in [4.69, 9.17) is 15.0 Å². The number of aromatic nitrogens is 4. The van der Waals surface area contributed by atoms with Crippen molar-refractivity contribution in [1.82, 2.24) is 45.3 Å². The lowest BCUT2D eigenvalue weighted by atomic mass is 9.84. The van der Waals surface area contributed by atoms with Gasteiger partial charge in [0.2, 0.25) is 17.8 Å². The standard InChI is InChI=1S/C47H56N12O4S2/c1-26-16-30(20-48-18-26)28(3)51-45-55-35-10-15-65-39(35)37(57(45)7)41(61)59-24-32(25-59)52-42(62)46(4,5)11-8-29-17-31(21-49-19-29)27(2)50-44-54-34-9-14-64-38(34)36(56-44)40(60)58-22-33(23-58)53-43(63)47(6)12-13-47/h9-10,14-21,27-28,32-33,37H,8,11-13,22-25H2,1-7H3,(H,51,55)(H,52,62)(H,53,63)(H,50,54,56). The molecule has 3 unspecified atom stereocenters. The second kappa shape index (κ2) is 17.4. The second-order valence-corrected chi connectivity index (χ2v) is 20.9. The molecule has 5 aromatic rings. The fraction of sp³-hybridized carbons (Fsp3) is 0.468. The Hall–Kier alpha value is -6.01. The highest BCUT2D eigenvalue weighted by molar-refractivity contribution is 7.17. The molecule has 1 aliphatic carbocycles. The summed E-state index contributed by atoms with van der Waals surface area (Å²) in [5, 5.41) is 17.0. The van der Waals surface area contributed by atoms with Crippen LogP contribution >= 0.6 is 22.7 Å². The molecule has 3 aliphatic heterocycles. The monoisotopic (exact) mass is 916 g/mol. The summed E-state index contributed by atoms with van der Waals surface area (Å²) in [5.74, 6) is 0.784. The number of rotatable bonds is 14. The molecule has 3 fully saturated rings. The maximum absolute atomic E-state index is 14.1. The average molecular weight is 917 g/mol. The summed E-state index contributed by atoms with van der Waals surface area (Å²) in [6.45, 7) is 13.7. The minimum Gasteiger partial charge on any atom is -0.349 e. The van der Waals surface area contributed by atoms with E-state index < -0.39 is 11.5 Å². The van der Waals surface area contributed by atoms with E-state index in [0.717, 1.165) is 50.4 Å². The zero-order chi connectivity index (χ0) is 45.8. The van der Waals surface area contributed by atoms with E-state index in [9.17, 15) is 19.2 Å². The molecular formula is C47H56N12O4S2. The third kappa shape index (κ3) is 9.15. The molecule has 4 aliphatic rings. The molecule has 0 bridgehead atoms. The number of nitrogens with one attached hydrogen (secondary N) is 4. The number of hydrogen-bond donors (Lipinski definition) is 4. The van der Waals surface area contributed by atoms with Crippen molar-refractivity contribution in [2.45, 2.75) is 97.4 Å². The van der Waals surface area contributed by atoms with Gasteiger partial charge in [-0.3, -0.25) is 29.1 Å². The smallest absolute Gasteiger partial charge is 0.274 e. The van der Waals surface area contributed by atoms with Gasteiger partial charge in [0, 0.05) is 68.8 Å². The van der Waals surface area contributed by atoms with Crippen LogP contribution in [0.5, 0.6) is 0 Å². The summed E-state index contributed by atoms with van der Waals surface area (Å²) in [7, 11) is 1.89. The Morgan fingerprint density at radius 3 is 2.38 bits per heavy atom. The summed E-state index contributed by atoms with van der Waals surface area (Å²) in [4.78, 5) is 83.6. The molecule has 3 atom stereocenters. The molecule has 2 saturated heterocycles. The molecule has 4 amide bonds. The highest BCUT2D eigenvalue weighted by Crippen LogP contribution is 2.45. The average Bonchev–Trinajstić information content (AvgIpc) is 3.58. The molecule has 4 N–H and O–H groups in total. The molecule has 65 heavy (non-hydrogen) atoms. The number of aryl methyl sites for hydroxylation is 2. The van der Waals surface area contributed by atoms with Gasteiger partial charge in [0.05, 0.1) is 44.9 Å². The Morgan fingerprint density at radius 2 is 1.63 bits per heavy atom. The van der Waals surface area contributed by atoms with Gasteiger partial charge in [-0.05, 0) is 91.6 Å². The minimum atomic E-state index is -0.676. The van der Waals surface area contributed by atoms with E-state index in [-0.39, 0.29) is 53.2 Å². The lowest BCUT2D eigenvalue weighted by Gasteiger charge is -2.45. The SMILES string of the molecule is Cc1cncc(C(C)N=C2Nc3ccsc3C(C(=O)N3CC(NC(=O)C(C)(C)CCc4cncc(C(C)Nc5nc(C(=O)N6CC(NC(=O)C7(C)CC7)C6)c6sccc6n5)c4)C3)N2C)c1. The Balaban J connectivity index is 0.771.